The zero-order valence-electron chi connectivity index (χ0n) is 24.8. The van der Waals surface area contributed by atoms with Gasteiger partial charge in [-0.15, -0.1) is 0 Å². The number of benzene rings is 2. The number of nitrogens with zero attached hydrogens (tertiary/aromatic N) is 4. The fourth-order valence-corrected chi connectivity index (χ4v) is 6.84. The quantitative estimate of drug-likeness (QED) is 0.359. The van der Waals surface area contributed by atoms with E-state index in [9.17, 15) is 9.59 Å². The van der Waals surface area contributed by atoms with E-state index in [4.69, 9.17) is 27.9 Å². The van der Waals surface area contributed by atoms with Gasteiger partial charge < -0.3 is 24.3 Å². The van der Waals surface area contributed by atoms with Crippen LogP contribution in [-0.4, -0.2) is 87.2 Å². The van der Waals surface area contributed by atoms with Crippen LogP contribution in [0.15, 0.2) is 42.5 Å². The van der Waals surface area contributed by atoms with Crippen molar-refractivity contribution in [1.29, 1.82) is 0 Å². The molecule has 3 saturated heterocycles. The van der Waals surface area contributed by atoms with E-state index in [-0.39, 0.29) is 17.7 Å². The molecule has 0 bridgehead atoms. The molecule has 0 radical (unpaired) electrons. The van der Waals surface area contributed by atoms with Crippen LogP contribution in [0.5, 0.6) is 0 Å². The van der Waals surface area contributed by atoms with E-state index >= 15 is 0 Å². The Morgan fingerprint density at radius 1 is 0.881 bits per heavy atom. The van der Waals surface area contributed by atoms with E-state index in [1.54, 1.807) is 19.1 Å². The van der Waals surface area contributed by atoms with Crippen LogP contribution >= 0.6 is 23.2 Å². The molecular formula is C33H44Cl2N4O3. The standard InChI is InChI=1S/C33H44Cl2N4O3/c1-25(40)37-17-11-28(12-18-37)33(41)39(30-7-8-31(34)32(35)24-30)14-2-13-36-15-9-27(10-16-36)23-26-3-5-29(6-4-26)38-19-21-42-22-20-38/h3-8,24,27-28H,2,9-23H2,1H3. The fourth-order valence-electron chi connectivity index (χ4n) is 6.55. The van der Waals surface area contributed by atoms with Gasteiger partial charge in [0.1, 0.15) is 0 Å². The number of piperidine rings is 2. The molecule has 5 rings (SSSR count). The molecule has 3 aliphatic rings. The number of halogens is 2. The van der Waals surface area contributed by atoms with Crippen LogP contribution in [0.2, 0.25) is 10.0 Å². The van der Waals surface area contributed by atoms with Crippen LogP contribution in [0, 0.1) is 11.8 Å². The Balaban J connectivity index is 1.10. The molecule has 0 atom stereocenters. The van der Waals surface area contributed by atoms with E-state index in [1.807, 2.05) is 15.9 Å². The van der Waals surface area contributed by atoms with E-state index in [1.165, 1.54) is 24.1 Å². The lowest BCUT2D eigenvalue weighted by Crippen LogP contribution is -2.45. The monoisotopic (exact) mass is 614 g/mol. The van der Waals surface area contributed by atoms with Crippen molar-refractivity contribution in [3.8, 4) is 0 Å². The third kappa shape index (κ3) is 8.19. The average molecular weight is 616 g/mol. The highest BCUT2D eigenvalue weighted by atomic mass is 35.5. The summed E-state index contributed by atoms with van der Waals surface area (Å²) < 4.78 is 5.48. The molecule has 2 aromatic rings. The molecule has 0 aliphatic carbocycles. The second-order valence-electron chi connectivity index (χ2n) is 12.0. The normalized spacial score (nSPS) is 19.2. The van der Waals surface area contributed by atoms with Crippen molar-refractivity contribution in [3.05, 3.63) is 58.1 Å². The Bertz CT molecular complexity index is 1190. The van der Waals surface area contributed by atoms with Crippen molar-refractivity contribution in [2.75, 3.05) is 75.4 Å². The van der Waals surface area contributed by atoms with E-state index in [2.05, 4.69) is 34.1 Å². The van der Waals surface area contributed by atoms with Gasteiger partial charge in [-0.3, -0.25) is 9.59 Å². The van der Waals surface area contributed by atoms with Crippen LogP contribution in [0.4, 0.5) is 11.4 Å². The van der Waals surface area contributed by atoms with E-state index < -0.39 is 0 Å². The number of amides is 2. The highest BCUT2D eigenvalue weighted by Gasteiger charge is 2.30. The first-order valence-electron chi connectivity index (χ1n) is 15.5. The molecule has 3 aliphatic heterocycles. The Hall–Kier alpha value is -2.32. The van der Waals surface area contributed by atoms with Crippen LogP contribution in [-0.2, 0) is 20.7 Å². The molecule has 0 unspecified atom stereocenters. The SMILES string of the molecule is CC(=O)N1CCC(C(=O)N(CCCN2CCC(Cc3ccc(N4CCOCC4)cc3)CC2)c2ccc(Cl)c(Cl)c2)CC1. The minimum Gasteiger partial charge on any atom is -0.378 e. The molecule has 42 heavy (non-hydrogen) atoms. The largest absolute Gasteiger partial charge is 0.378 e. The van der Waals surface area contributed by atoms with Gasteiger partial charge in [-0.2, -0.15) is 0 Å². The number of anilines is 2. The number of hydrogen-bond donors (Lipinski definition) is 0. The lowest BCUT2D eigenvalue weighted by atomic mass is 9.90. The summed E-state index contributed by atoms with van der Waals surface area (Å²) >= 11 is 12.5. The van der Waals surface area contributed by atoms with Gasteiger partial charge in [-0.05, 0) is 100.0 Å². The Morgan fingerprint density at radius 2 is 1.57 bits per heavy atom. The summed E-state index contributed by atoms with van der Waals surface area (Å²) in [6.07, 6.45) is 5.83. The third-order valence-electron chi connectivity index (χ3n) is 9.17. The summed E-state index contributed by atoms with van der Waals surface area (Å²) in [4.78, 5) is 34.1. The summed E-state index contributed by atoms with van der Waals surface area (Å²) in [6, 6.07) is 14.6. The van der Waals surface area contributed by atoms with E-state index in [0.29, 0.717) is 48.4 Å². The molecule has 3 fully saturated rings. The molecule has 228 valence electrons. The van der Waals surface area contributed by atoms with Gasteiger partial charge in [0.25, 0.3) is 0 Å². The second kappa shape index (κ2) is 14.9. The first-order chi connectivity index (χ1) is 20.4. The Labute approximate surface area is 260 Å². The maximum atomic E-state index is 13.7. The number of hydrogen-bond acceptors (Lipinski definition) is 5. The second-order valence-corrected chi connectivity index (χ2v) is 12.8. The molecule has 2 amide bonds. The highest BCUT2D eigenvalue weighted by Crippen LogP contribution is 2.30. The molecular weight excluding hydrogens is 571 g/mol. The van der Waals surface area contributed by atoms with Crippen molar-refractivity contribution in [2.24, 2.45) is 11.8 Å². The predicted molar refractivity (Wildman–Crippen MR) is 171 cm³/mol. The maximum absolute atomic E-state index is 13.7. The maximum Gasteiger partial charge on any atom is 0.230 e. The molecule has 0 N–H and O–H groups in total. The number of morpholine rings is 1. The summed E-state index contributed by atoms with van der Waals surface area (Å²) in [7, 11) is 0. The van der Waals surface area contributed by atoms with Crippen molar-refractivity contribution >= 4 is 46.4 Å². The predicted octanol–water partition coefficient (Wildman–Crippen LogP) is 5.77. The zero-order chi connectivity index (χ0) is 29.5. The van der Waals surface area contributed by atoms with Crippen LogP contribution in [0.3, 0.4) is 0 Å². The molecule has 3 heterocycles. The molecule has 0 saturated carbocycles. The Kier molecular flexibility index (Phi) is 11.0. The molecule has 0 spiro atoms. The summed E-state index contributed by atoms with van der Waals surface area (Å²) in [5.41, 5.74) is 3.52. The number of rotatable bonds is 9. The minimum absolute atomic E-state index is 0.0766. The molecule has 9 heteroatoms. The third-order valence-corrected chi connectivity index (χ3v) is 9.91. The summed E-state index contributed by atoms with van der Waals surface area (Å²) in [5.74, 6) is 0.821. The van der Waals surface area contributed by atoms with Crippen molar-refractivity contribution in [2.45, 2.75) is 45.4 Å². The van der Waals surface area contributed by atoms with Gasteiger partial charge in [0, 0.05) is 56.9 Å². The van der Waals surface area contributed by atoms with Crippen molar-refractivity contribution in [1.82, 2.24) is 9.80 Å². The lowest BCUT2D eigenvalue weighted by Gasteiger charge is -2.35. The van der Waals surface area contributed by atoms with Gasteiger partial charge in [-0.1, -0.05) is 35.3 Å². The van der Waals surface area contributed by atoms with Crippen LogP contribution in [0.1, 0.15) is 44.6 Å². The first kappa shape index (κ1) is 31.1. The van der Waals surface area contributed by atoms with Gasteiger partial charge in [0.05, 0.1) is 23.3 Å². The van der Waals surface area contributed by atoms with Crippen LogP contribution < -0.4 is 9.80 Å². The molecule has 2 aromatic carbocycles. The van der Waals surface area contributed by atoms with Gasteiger partial charge in [0.2, 0.25) is 11.8 Å². The van der Waals surface area contributed by atoms with Gasteiger partial charge in [-0.25, -0.2) is 0 Å². The van der Waals surface area contributed by atoms with Crippen LogP contribution in [0.25, 0.3) is 0 Å². The minimum atomic E-state index is -0.0891. The first-order valence-corrected chi connectivity index (χ1v) is 16.3. The number of likely N-dealkylation sites (tertiary alicyclic amines) is 2. The lowest BCUT2D eigenvalue weighted by molar-refractivity contribution is -0.133. The summed E-state index contributed by atoms with van der Waals surface area (Å²) in [5, 5.41) is 0.940. The summed E-state index contributed by atoms with van der Waals surface area (Å²) in [6.45, 7) is 10.2. The number of carbonyl (C=O) groups excluding carboxylic acids is 2. The highest BCUT2D eigenvalue weighted by molar-refractivity contribution is 6.42. The van der Waals surface area contributed by atoms with Crippen molar-refractivity contribution < 1.29 is 14.3 Å². The Morgan fingerprint density at radius 3 is 2.21 bits per heavy atom. The smallest absolute Gasteiger partial charge is 0.230 e. The number of ether oxygens (including phenoxy) is 1. The molecule has 7 nitrogen and oxygen atoms in total. The van der Waals surface area contributed by atoms with E-state index in [0.717, 1.165) is 64.5 Å². The number of carbonyl (C=O) groups is 2. The zero-order valence-corrected chi connectivity index (χ0v) is 26.3. The molecule has 0 aromatic heterocycles. The van der Waals surface area contributed by atoms with Crippen molar-refractivity contribution in [3.63, 3.8) is 0 Å². The van der Waals surface area contributed by atoms with Gasteiger partial charge >= 0.3 is 0 Å². The fraction of sp³-hybridized carbons (Fsp3) is 0.576. The topological polar surface area (TPSA) is 56.3 Å². The van der Waals surface area contributed by atoms with Gasteiger partial charge in [0.15, 0.2) is 0 Å². The average Bonchev–Trinajstić information content (AvgIpc) is 3.02.